The van der Waals surface area contributed by atoms with Crippen LogP contribution in [0.2, 0.25) is 0 Å². The Morgan fingerprint density at radius 2 is 1.87 bits per heavy atom. The molecule has 7 nitrogen and oxygen atoms in total. The second-order valence-electron chi connectivity index (χ2n) is 7.29. The molecule has 7 heteroatoms. The molecule has 0 fully saturated rings. The molecule has 0 radical (unpaired) electrons. The maximum absolute atomic E-state index is 12.8. The van der Waals surface area contributed by atoms with Crippen molar-refractivity contribution >= 4 is 22.4 Å². The number of methoxy groups -OCH3 is 2. The molecule has 1 aromatic heterocycles. The van der Waals surface area contributed by atoms with Crippen molar-refractivity contribution in [3.8, 4) is 11.5 Å². The van der Waals surface area contributed by atoms with E-state index in [1.54, 1.807) is 61.4 Å². The molecule has 30 heavy (non-hydrogen) atoms. The maximum Gasteiger partial charge on any atom is 0.258 e. The van der Waals surface area contributed by atoms with Crippen LogP contribution in [0.4, 0.5) is 5.69 Å². The van der Waals surface area contributed by atoms with Crippen molar-refractivity contribution in [3.05, 3.63) is 64.6 Å². The minimum absolute atomic E-state index is 0.0695. The zero-order valence-corrected chi connectivity index (χ0v) is 17.8. The van der Waals surface area contributed by atoms with E-state index in [-0.39, 0.29) is 17.9 Å². The fraction of sp³-hybridized carbons (Fsp3) is 0.304. The van der Waals surface area contributed by atoms with E-state index in [4.69, 9.17) is 9.47 Å². The summed E-state index contributed by atoms with van der Waals surface area (Å²) in [5.41, 5.74) is 1.26. The molecule has 0 saturated carbocycles. The Bertz CT molecular complexity index is 1110. The van der Waals surface area contributed by atoms with Gasteiger partial charge in [-0.25, -0.2) is 0 Å². The maximum atomic E-state index is 12.8. The molecule has 3 rings (SSSR count). The molecular formula is C23H27N3O4. The largest absolute Gasteiger partial charge is 0.497 e. The Morgan fingerprint density at radius 1 is 1.07 bits per heavy atom. The molecule has 0 spiro atoms. The van der Waals surface area contributed by atoms with Crippen molar-refractivity contribution in [2.75, 3.05) is 40.2 Å². The number of nitrogens with one attached hydrogen (secondary N) is 1. The van der Waals surface area contributed by atoms with Crippen LogP contribution >= 0.6 is 0 Å². The van der Waals surface area contributed by atoms with Crippen LogP contribution in [0.3, 0.4) is 0 Å². The van der Waals surface area contributed by atoms with E-state index < -0.39 is 0 Å². The average molecular weight is 409 g/mol. The molecule has 0 bridgehead atoms. The number of nitrogens with zero attached hydrogens (tertiary/aromatic N) is 2. The summed E-state index contributed by atoms with van der Waals surface area (Å²) in [4.78, 5) is 27.6. The van der Waals surface area contributed by atoms with Gasteiger partial charge in [0.1, 0.15) is 11.5 Å². The van der Waals surface area contributed by atoms with Crippen molar-refractivity contribution in [1.82, 2.24) is 9.47 Å². The molecule has 2 aromatic carbocycles. The smallest absolute Gasteiger partial charge is 0.258 e. The number of ether oxygens (including phenoxy) is 2. The molecule has 1 amide bonds. The van der Waals surface area contributed by atoms with Gasteiger partial charge in [-0.2, -0.15) is 0 Å². The lowest BCUT2D eigenvalue weighted by Crippen LogP contribution is -2.26. The number of pyridine rings is 1. The monoisotopic (exact) mass is 409 g/mol. The first kappa shape index (κ1) is 21.4. The third-order valence-corrected chi connectivity index (χ3v) is 4.92. The van der Waals surface area contributed by atoms with Crippen molar-refractivity contribution in [2.45, 2.75) is 13.0 Å². The summed E-state index contributed by atoms with van der Waals surface area (Å²) >= 11 is 0. The number of fused-ring (bicyclic) bond motifs is 1. The van der Waals surface area contributed by atoms with Gasteiger partial charge in [-0.15, -0.1) is 0 Å². The van der Waals surface area contributed by atoms with Crippen LogP contribution in [0, 0.1) is 0 Å². The number of carbonyl (C=O) groups excluding carboxylic acids is 1. The van der Waals surface area contributed by atoms with Crippen molar-refractivity contribution < 1.29 is 14.3 Å². The Morgan fingerprint density at radius 3 is 2.57 bits per heavy atom. The van der Waals surface area contributed by atoms with Gasteiger partial charge in [-0.3, -0.25) is 9.59 Å². The normalized spacial score (nSPS) is 11.0. The summed E-state index contributed by atoms with van der Waals surface area (Å²) in [7, 11) is 7.08. The van der Waals surface area contributed by atoms with Gasteiger partial charge in [0.2, 0.25) is 5.91 Å². The van der Waals surface area contributed by atoms with Crippen molar-refractivity contribution in [1.29, 1.82) is 0 Å². The molecule has 1 heterocycles. The predicted octanol–water partition coefficient (Wildman–Crippen LogP) is 2.76. The minimum Gasteiger partial charge on any atom is -0.497 e. The number of hydrogen-bond donors (Lipinski definition) is 1. The molecule has 158 valence electrons. The molecule has 0 aliphatic heterocycles. The van der Waals surface area contributed by atoms with E-state index in [9.17, 15) is 9.59 Å². The van der Waals surface area contributed by atoms with E-state index in [0.29, 0.717) is 29.1 Å². The molecule has 0 aliphatic carbocycles. The summed E-state index contributed by atoms with van der Waals surface area (Å²) in [6.07, 6.45) is 1.89. The highest BCUT2D eigenvalue weighted by atomic mass is 16.5. The Kier molecular flexibility index (Phi) is 6.74. The van der Waals surface area contributed by atoms with E-state index >= 15 is 0 Å². The molecule has 0 unspecified atom stereocenters. The highest BCUT2D eigenvalue weighted by Gasteiger charge is 2.13. The molecule has 1 N–H and O–H groups in total. The number of benzene rings is 2. The molecule has 0 aliphatic rings. The number of carbonyl (C=O) groups is 1. The van der Waals surface area contributed by atoms with Gasteiger partial charge in [0.25, 0.3) is 5.56 Å². The number of rotatable bonds is 8. The number of aromatic nitrogens is 1. The van der Waals surface area contributed by atoms with Crippen LogP contribution in [0.25, 0.3) is 10.8 Å². The lowest BCUT2D eigenvalue weighted by Gasteiger charge is -2.14. The lowest BCUT2D eigenvalue weighted by atomic mass is 10.1. The zero-order chi connectivity index (χ0) is 21.7. The summed E-state index contributed by atoms with van der Waals surface area (Å²) in [5.74, 6) is 1.07. The van der Waals surface area contributed by atoms with E-state index in [2.05, 4.69) is 5.32 Å². The standard InChI is InChI=1S/C23H27N3O4/c1-25(2)12-13-26-11-10-18-19(23(26)28)6-5-7-20(18)24-22(27)15-16-14-17(29-3)8-9-21(16)30-4/h5-11,14H,12-13,15H2,1-4H3,(H,24,27). The van der Waals surface area contributed by atoms with Gasteiger partial charge < -0.3 is 24.3 Å². The van der Waals surface area contributed by atoms with Crippen LogP contribution in [-0.2, 0) is 17.8 Å². The highest BCUT2D eigenvalue weighted by Crippen LogP contribution is 2.26. The van der Waals surface area contributed by atoms with Gasteiger partial charge in [0.05, 0.1) is 20.6 Å². The van der Waals surface area contributed by atoms with Crippen LogP contribution < -0.4 is 20.3 Å². The first-order valence-corrected chi connectivity index (χ1v) is 9.70. The van der Waals surface area contributed by atoms with Gasteiger partial charge >= 0.3 is 0 Å². The van der Waals surface area contributed by atoms with Crippen molar-refractivity contribution in [3.63, 3.8) is 0 Å². The summed E-state index contributed by atoms with van der Waals surface area (Å²) in [6, 6.07) is 12.6. The third kappa shape index (κ3) is 4.80. The van der Waals surface area contributed by atoms with Crippen LogP contribution in [0.1, 0.15) is 5.56 Å². The van der Waals surface area contributed by atoms with Gasteiger partial charge in [0, 0.05) is 41.3 Å². The number of hydrogen-bond acceptors (Lipinski definition) is 5. The van der Waals surface area contributed by atoms with Gasteiger partial charge in [-0.05, 0) is 50.5 Å². The third-order valence-electron chi connectivity index (χ3n) is 4.92. The quantitative estimate of drug-likeness (QED) is 0.619. The predicted molar refractivity (Wildman–Crippen MR) is 119 cm³/mol. The summed E-state index contributed by atoms with van der Waals surface area (Å²) in [6.45, 7) is 1.37. The molecule has 0 atom stereocenters. The average Bonchev–Trinajstić information content (AvgIpc) is 2.73. The second kappa shape index (κ2) is 9.45. The zero-order valence-electron chi connectivity index (χ0n) is 17.8. The van der Waals surface area contributed by atoms with Gasteiger partial charge in [-0.1, -0.05) is 6.07 Å². The topological polar surface area (TPSA) is 72.8 Å². The molecule has 3 aromatic rings. The second-order valence-corrected chi connectivity index (χ2v) is 7.29. The lowest BCUT2D eigenvalue weighted by molar-refractivity contribution is -0.115. The fourth-order valence-electron chi connectivity index (χ4n) is 3.30. The first-order valence-electron chi connectivity index (χ1n) is 9.70. The SMILES string of the molecule is COc1ccc(OC)c(CC(=O)Nc2cccc3c(=O)n(CCN(C)C)ccc23)c1. The minimum atomic E-state index is -0.203. The van der Waals surface area contributed by atoms with Crippen molar-refractivity contribution in [2.24, 2.45) is 0 Å². The number of anilines is 1. The van der Waals surface area contributed by atoms with Crippen LogP contribution in [-0.4, -0.2) is 50.2 Å². The Balaban J connectivity index is 1.85. The Hall–Kier alpha value is -3.32. The summed E-state index contributed by atoms with van der Waals surface area (Å²) in [5, 5.41) is 4.22. The molecular weight excluding hydrogens is 382 g/mol. The fourth-order valence-corrected chi connectivity index (χ4v) is 3.30. The summed E-state index contributed by atoms with van der Waals surface area (Å²) < 4.78 is 12.3. The number of amides is 1. The highest BCUT2D eigenvalue weighted by molar-refractivity contribution is 6.02. The molecule has 0 saturated heterocycles. The van der Waals surface area contributed by atoms with E-state index in [0.717, 1.165) is 17.5 Å². The van der Waals surface area contributed by atoms with Gasteiger partial charge in [0.15, 0.2) is 0 Å². The van der Waals surface area contributed by atoms with E-state index in [1.807, 2.05) is 25.1 Å². The number of likely N-dealkylation sites (N-methyl/N-ethyl adjacent to an activating group) is 1. The van der Waals surface area contributed by atoms with E-state index in [1.165, 1.54) is 0 Å². The Labute approximate surface area is 175 Å². The van der Waals surface area contributed by atoms with Crippen LogP contribution in [0.5, 0.6) is 11.5 Å². The first-order chi connectivity index (χ1) is 14.4. The van der Waals surface area contributed by atoms with Crippen LogP contribution in [0.15, 0.2) is 53.5 Å².